The fourth-order valence-corrected chi connectivity index (χ4v) is 2.71. The van der Waals surface area contributed by atoms with Gasteiger partial charge in [0.2, 0.25) is 0 Å². The molecule has 0 unspecified atom stereocenters. The molecule has 0 bridgehead atoms. The smallest absolute Gasteiger partial charge is 0.172 e. The predicted molar refractivity (Wildman–Crippen MR) is 83.1 cm³/mol. The van der Waals surface area contributed by atoms with Crippen LogP contribution in [0.4, 0.5) is 4.39 Å². The molecular weight excluding hydrogens is 279 g/mol. The number of para-hydroxylation sites is 1. The minimum atomic E-state index is -0.313. The molecule has 22 heavy (non-hydrogen) atoms. The van der Waals surface area contributed by atoms with E-state index in [0.29, 0.717) is 23.5 Å². The molecule has 0 N–H and O–H groups in total. The molecule has 0 amide bonds. The molecule has 2 aromatic heterocycles. The summed E-state index contributed by atoms with van der Waals surface area (Å²) in [6.07, 6.45) is 0.709. The van der Waals surface area contributed by atoms with E-state index < -0.39 is 0 Å². The first kappa shape index (κ1) is 12.9. The zero-order valence-electron chi connectivity index (χ0n) is 12.0. The van der Waals surface area contributed by atoms with E-state index in [1.54, 1.807) is 18.2 Å². The fourth-order valence-electron chi connectivity index (χ4n) is 2.71. The van der Waals surface area contributed by atoms with Crippen LogP contribution in [-0.4, -0.2) is 19.6 Å². The monoisotopic (exact) mass is 292 g/mol. The van der Waals surface area contributed by atoms with Crippen molar-refractivity contribution in [1.29, 1.82) is 0 Å². The maximum atomic E-state index is 14.1. The minimum Gasteiger partial charge on any atom is -0.262 e. The van der Waals surface area contributed by atoms with Gasteiger partial charge in [0, 0.05) is 11.8 Å². The summed E-state index contributed by atoms with van der Waals surface area (Å²) in [6, 6.07) is 14.4. The number of aromatic nitrogens is 4. The summed E-state index contributed by atoms with van der Waals surface area (Å²) in [7, 11) is 0. The summed E-state index contributed by atoms with van der Waals surface area (Å²) in [5.41, 5.74) is 2.02. The molecule has 5 heteroatoms. The third kappa shape index (κ3) is 1.79. The van der Waals surface area contributed by atoms with Gasteiger partial charge in [0.05, 0.1) is 11.1 Å². The number of benzene rings is 2. The molecule has 0 saturated heterocycles. The van der Waals surface area contributed by atoms with Gasteiger partial charge in [-0.2, -0.15) is 0 Å². The number of aryl methyl sites for hydroxylation is 1. The lowest BCUT2D eigenvalue weighted by atomic mass is 10.2. The second-order valence-electron chi connectivity index (χ2n) is 5.06. The van der Waals surface area contributed by atoms with Gasteiger partial charge >= 0.3 is 0 Å². The molecule has 2 aromatic carbocycles. The fraction of sp³-hybridized carbons (Fsp3) is 0.118. The average molecular weight is 292 g/mol. The van der Waals surface area contributed by atoms with Gasteiger partial charge in [-0.1, -0.05) is 31.2 Å². The maximum Gasteiger partial charge on any atom is 0.172 e. The van der Waals surface area contributed by atoms with Crippen LogP contribution in [0.1, 0.15) is 12.7 Å². The normalized spacial score (nSPS) is 11.4. The van der Waals surface area contributed by atoms with Crippen LogP contribution in [0, 0.1) is 5.82 Å². The highest BCUT2D eigenvalue weighted by molar-refractivity contribution is 5.92. The number of fused-ring (bicyclic) bond motifs is 3. The van der Waals surface area contributed by atoms with Gasteiger partial charge in [0.1, 0.15) is 11.6 Å². The molecule has 0 atom stereocenters. The number of halogens is 1. The topological polar surface area (TPSA) is 43.1 Å². The Morgan fingerprint density at radius 3 is 2.59 bits per heavy atom. The number of hydrogen-bond donors (Lipinski definition) is 0. The molecule has 4 nitrogen and oxygen atoms in total. The van der Waals surface area contributed by atoms with Gasteiger partial charge in [-0.3, -0.25) is 4.40 Å². The van der Waals surface area contributed by atoms with Crippen molar-refractivity contribution in [2.24, 2.45) is 0 Å². The minimum absolute atomic E-state index is 0.313. The van der Waals surface area contributed by atoms with Crippen LogP contribution in [0.25, 0.3) is 27.9 Å². The van der Waals surface area contributed by atoms with Crippen molar-refractivity contribution in [3.8, 4) is 11.4 Å². The Kier molecular flexibility index (Phi) is 2.85. The second-order valence-corrected chi connectivity index (χ2v) is 5.06. The van der Waals surface area contributed by atoms with E-state index in [-0.39, 0.29) is 5.82 Å². The molecule has 0 saturated carbocycles. The Balaban J connectivity index is 2.14. The molecule has 108 valence electrons. The van der Waals surface area contributed by atoms with Crippen molar-refractivity contribution in [1.82, 2.24) is 19.6 Å². The molecular formula is C17H13FN4. The Bertz CT molecular complexity index is 990. The van der Waals surface area contributed by atoms with Crippen molar-refractivity contribution in [3.63, 3.8) is 0 Å². The molecule has 0 aliphatic heterocycles. The molecule has 0 fully saturated rings. The van der Waals surface area contributed by atoms with Crippen molar-refractivity contribution in [3.05, 3.63) is 60.2 Å². The third-order valence-corrected chi connectivity index (χ3v) is 3.75. The highest BCUT2D eigenvalue weighted by atomic mass is 19.1. The Morgan fingerprint density at radius 1 is 1.00 bits per heavy atom. The first-order valence-electron chi connectivity index (χ1n) is 7.17. The standard InChI is InChI=1S/C17H13FN4/c1-2-15-19-14-10-6-4-8-12(14)17-21-20-16(22(15)17)11-7-3-5-9-13(11)18/h3-10H,2H2,1H3. The predicted octanol–water partition coefficient (Wildman–Crippen LogP) is 3.65. The first-order valence-corrected chi connectivity index (χ1v) is 7.17. The van der Waals surface area contributed by atoms with Crippen LogP contribution in [0.15, 0.2) is 48.5 Å². The zero-order chi connectivity index (χ0) is 15.1. The largest absolute Gasteiger partial charge is 0.262 e. The van der Waals surface area contributed by atoms with Crippen molar-refractivity contribution >= 4 is 16.6 Å². The lowest BCUT2D eigenvalue weighted by Gasteiger charge is -2.08. The van der Waals surface area contributed by atoms with Crippen molar-refractivity contribution in [2.75, 3.05) is 0 Å². The van der Waals surface area contributed by atoms with Gasteiger partial charge in [-0.25, -0.2) is 9.37 Å². The van der Waals surface area contributed by atoms with E-state index in [1.807, 2.05) is 35.6 Å². The van der Waals surface area contributed by atoms with Gasteiger partial charge < -0.3 is 0 Å². The van der Waals surface area contributed by atoms with Crippen LogP contribution in [0.5, 0.6) is 0 Å². The van der Waals surface area contributed by atoms with E-state index in [9.17, 15) is 4.39 Å². The molecule has 0 radical (unpaired) electrons. The van der Waals surface area contributed by atoms with Crippen LogP contribution < -0.4 is 0 Å². The van der Waals surface area contributed by atoms with E-state index >= 15 is 0 Å². The molecule has 0 aliphatic carbocycles. The maximum absolute atomic E-state index is 14.1. The van der Waals surface area contributed by atoms with Gasteiger partial charge in [-0.15, -0.1) is 10.2 Å². The third-order valence-electron chi connectivity index (χ3n) is 3.75. The van der Waals surface area contributed by atoms with Crippen LogP contribution in [-0.2, 0) is 6.42 Å². The summed E-state index contributed by atoms with van der Waals surface area (Å²) in [5, 5.41) is 9.41. The lowest BCUT2D eigenvalue weighted by Crippen LogP contribution is -2.03. The number of nitrogens with zero attached hydrogens (tertiary/aromatic N) is 4. The van der Waals surface area contributed by atoms with Gasteiger partial charge in [0.25, 0.3) is 0 Å². The number of rotatable bonds is 2. The van der Waals surface area contributed by atoms with Crippen molar-refractivity contribution in [2.45, 2.75) is 13.3 Å². The first-order chi connectivity index (χ1) is 10.8. The highest BCUT2D eigenvalue weighted by Gasteiger charge is 2.17. The molecule has 4 aromatic rings. The molecule has 0 spiro atoms. The quantitative estimate of drug-likeness (QED) is 0.566. The SMILES string of the molecule is CCc1nc2ccccc2c2nnc(-c3ccccc3F)n12. The molecule has 4 rings (SSSR count). The average Bonchev–Trinajstić information content (AvgIpc) is 2.99. The Morgan fingerprint density at radius 2 is 1.77 bits per heavy atom. The van der Waals surface area contributed by atoms with E-state index in [0.717, 1.165) is 16.7 Å². The summed E-state index contributed by atoms with van der Waals surface area (Å²) >= 11 is 0. The zero-order valence-corrected chi connectivity index (χ0v) is 12.0. The molecule has 0 aliphatic rings. The van der Waals surface area contributed by atoms with E-state index in [1.165, 1.54) is 6.07 Å². The van der Waals surface area contributed by atoms with Crippen LogP contribution in [0.2, 0.25) is 0 Å². The second kappa shape index (κ2) is 4.87. The summed E-state index contributed by atoms with van der Waals surface area (Å²) < 4.78 is 16.0. The summed E-state index contributed by atoms with van der Waals surface area (Å²) in [4.78, 5) is 4.67. The summed E-state index contributed by atoms with van der Waals surface area (Å²) in [6.45, 7) is 2.02. The highest BCUT2D eigenvalue weighted by Crippen LogP contribution is 2.26. The Hall–Kier alpha value is -2.82. The van der Waals surface area contributed by atoms with Crippen molar-refractivity contribution < 1.29 is 4.39 Å². The number of hydrogen-bond acceptors (Lipinski definition) is 3. The van der Waals surface area contributed by atoms with Gasteiger partial charge in [-0.05, 0) is 24.3 Å². The lowest BCUT2D eigenvalue weighted by molar-refractivity contribution is 0.629. The molecule has 2 heterocycles. The summed E-state index contributed by atoms with van der Waals surface area (Å²) in [5.74, 6) is 0.993. The Labute approximate surface area is 126 Å². The van der Waals surface area contributed by atoms with E-state index in [4.69, 9.17) is 0 Å². The van der Waals surface area contributed by atoms with Crippen LogP contribution in [0.3, 0.4) is 0 Å². The van der Waals surface area contributed by atoms with Crippen LogP contribution >= 0.6 is 0 Å². The van der Waals surface area contributed by atoms with E-state index in [2.05, 4.69) is 15.2 Å². The van der Waals surface area contributed by atoms with Gasteiger partial charge in [0.15, 0.2) is 11.5 Å².